The van der Waals surface area contributed by atoms with Crippen molar-refractivity contribution in [2.45, 2.75) is 6.18 Å². The maximum absolute atomic E-state index is 12.4. The lowest BCUT2D eigenvalue weighted by molar-refractivity contribution is -0.115. The molecule has 0 saturated carbocycles. The van der Waals surface area contributed by atoms with Crippen molar-refractivity contribution in [2.24, 2.45) is 0 Å². The first-order chi connectivity index (χ1) is 13.4. The SMILES string of the molecule is CN1CCN(c2ccc(-c3nc4ccc(NCC(F)(F)F)cc4s3)cn2)CC1. The van der Waals surface area contributed by atoms with Gasteiger partial charge in [0.25, 0.3) is 0 Å². The monoisotopic (exact) mass is 407 g/mol. The van der Waals surface area contributed by atoms with Gasteiger partial charge < -0.3 is 15.1 Å². The normalized spacial score (nSPS) is 15.9. The van der Waals surface area contributed by atoms with Gasteiger partial charge in [-0.15, -0.1) is 11.3 Å². The zero-order valence-electron chi connectivity index (χ0n) is 15.3. The Morgan fingerprint density at radius 2 is 1.89 bits per heavy atom. The molecule has 0 bridgehead atoms. The number of aromatic nitrogens is 2. The molecule has 5 nitrogen and oxygen atoms in total. The van der Waals surface area contributed by atoms with Crippen molar-refractivity contribution in [1.82, 2.24) is 14.9 Å². The van der Waals surface area contributed by atoms with Crippen molar-refractivity contribution in [3.05, 3.63) is 36.5 Å². The highest BCUT2D eigenvalue weighted by molar-refractivity contribution is 7.21. The topological polar surface area (TPSA) is 44.3 Å². The van der Waals surface area contributed by atoms with E-state index in [1.807, 2.05) is 18.3 Å². The second-order valence-corrected chi connectivity index (χ2v) is 7.90. The van der Waals surface area contributed by atoms with Gasteiger partial charge in [-0.05, 0) is 37.4 Å². The Balaban J connectivity index is 1.50. The standard InChI is InChI=1S/C19H20F3N5S/c1-26-6-8-27(9-7-26)17-5-2-13(11-23-17)18-25-15-4-3-14(10-16(15)28-18)24-12-19(20,21)22/h2-5,10-11,24H,6-9,12H2,1H3. The van der Waals surface area contributed by atoms with Crippen LogP contribution in [-0.4, -0.2) is 60.8 Å². The number of benzene rings is 1. The number of hydrogen-bond donors (Lipinski definition) is 1. The number of alkyl halides is 3. The van der Waals surface area contributed by atoms with Gasteiger partial charge >= 0.3 is 6.18 Å². The minimum atomic E-state index is -4.25. The number of halogens is 3. The molecule has 0 unspecified atom stereocenters. The highest BCUT2D eigenvalue weighted by Gasteiger charge is 2.26. The van der Waals surface area contributed by atoms with Gasteiger partial charge in [-0.3, -0.25) is 0 Å². The fraction of sp³-hybridized carbons (Fsp3) is 0.368. The Morgan fingerprint density at radius 3 is 2.57 bits per heavy atom. The predicted molar refractivity (Wildman–Crippen MR) is 107 cm³/mol. The number of pyridine rings is 1. The molecule has 148 valence electrons. The third-order valence-electron chi connectivity index (χ3n) is 4.70. The molecule has 1 aromatic carbocycles. The molecule has 1 N–H and O–H groups in total. The lowest BCUT2D eigenvalue weighted by Crippen LogP contribution is -2.44. The summed E-state index contributed by atoms with van der Waals surface area (Å²) in [5.74, 6) is 0.955. The van der Waals surface area contributed by atoms with Gasteiger partial charge in [-0.1, -0.05) is 0 Å². The van der Waals surface area contributed by atoms with Gasteiger partial charge in [-0.2, -0.15) is 13.2 Å². The quantitative estimate of drug-likeness (QED) is 0.706. The van der Waals surface area contributed by atoms with Crippen LogP contribution in [0.5, 0.6) is 0 Å². The Kier molecular flexibility index (Phi) is 5.11. The Labute approximate surface area is 164 Å². The summed E-state index contributed by atoms with van der Waals surface area (Å²) in [7, 11) is 2.12. The van der Waals surface area contributed by atoms with Crippen LogP contribution in [0, 0.1) is 0 Å². The lowest BCUT2D eigenvalue weighted by atomic mass is 10.2. The van der Waals surface area contributed by atoms with Crippen LogP contribution in [0.4, 0.5) is 24.7 Å². The average molecular weight is 407 g/mol. The largest absolute Gasteiger partial charge is 0.405 e. The number of thiazole rings is 1. The van der Waals surface area contributed by atoms with Crippen molar-refractivity contribution in [3.8, 4) is 10.6 Å². The molecular formula is C19H20F3N5S. The van der Waals surface area contributed by atoms with Crippen LogP contribution in [0.15, 0.2) is 36.5 Å². The molecular weight excluding hydrogens is 387 g/mol. The Hall–Kier alpha value is -2.39. The third kappa shape index (κ3) is 4.36. The van der Waals surface area contributed by atoms with E-state index >= 15 is 0 Å². The van der Waals surface area contributed by atoms with Crippen LogP contribution in [-0.2, 0) is 0 Å². The number of hydrogen-bond acceptors (Lipinski definition) is 6. The second kappa shape index (κ2) is 7.56. The molecule has 1 aliphatic rings. The van der Waals surface area contributed by atoms with E-state index in [-0.39, 0.29) is 0 Å². The number of rotatable bonds is 4. The van der Waals surface area contributed by atoms with E-state index < -0.39 is 12.7 Å². The maximum Gasteiger partial charge on any atom is 0.405 e. The average Bonchev–Trinajstić information content (AvgIpc) is 3.10. The van der Waals surface area contributed by atoms with Crippen LogP contribution >= 0.6 is 11.3 Å². The molecule has 4 rings (SSSR count). The lowest BCUT2D eigenvalue weighted by Gasteiger charge is -2.33. The summed E-state index contributed by atoms with van der Waals surface area (Å²) in [6.07, 6.45) is -2.43. The van der Waals surface area contributed by atoms with Gasteiger partial charge in [0.15, 0.2) is 0 Å². The smallest absolute Gasteiger partial charge is 0.376 e. The molecule has 3 heterocycles. The van der Waals surface area contributed by atoms with Gasteiger partial charge in [0.2, 0.25) is 0 Å². The molecule has 9 heteroatoms. The van der Waals surface area contributed by atoms with Gasteiger partial charge in [0, 0.05) is 43.6 Å². The van der Waals surface area contributed by atoms with Crippen LogP contribution in [0.1, 0.15) is 0 Å². The minimum Gasteiger partial charge on any atom is -0.376 e. The van der Waals surface area contributed by atoms with Crippen LogP contribution in [0.25, 0.3) is 20.8 Å². The summed E-state index contributed by atoms with van der Waals surface area (Å²) < 4.78 is 38.0. The summed E-state index contributed by atoms with van der Waals surface area (Å²) >= 11 is 1.45. The first kappa shape index (κ1) is 18.9. The molecule has 0 atom stereocenters. The van der Waals surface area contributed by atoms with Crippen LogP contribution < -0.4 is 10.2 Å². The van der Waals surface area contributed by atoms with Gasteiger partial charge in [0.1, 0.15) is 17.4 Å². The highest BCUT2D eigenvalue weighted by Crippen LogP contribution is 2.32. The number of likely N-dealkylation sites (N-methyl/N-ethyl adjacent to an activating group) is 1. The van der Waals surface area contributed by atoms with E-state index in [0.717, 1.165) is 52.8 Å². The van der Waals surface area contributed by atoms with Crippen molar-refractivity contribution in [3.63, 3.8) is 0 Å². The fourth-order valence-electron chi connectivity index (χ4n) is 3.10. The van der Waals surface area contributed by atoms with Crippen molar-refractivity contribution in [2.75, 3.05) is 50.0 Å². The van der Waals surface area contributed by atoms with E-state index in [0.29, 0.717) is 5.69 Å². The van der Waals surface area contributed by atoms with Crippen LogP contribution in [0.3, 0.4) is 0 Å². The van der Waals surface area contributed by atoms with E-state index in [4.69, 9.17) is 0 Å². The molecule has 28 heavy (non-hydrogen) atoms. The fourth-order valence-corrected chi connectivity index (χ4v) is 4.09. The van der Waals surface area contributed by atoms with Crippen molar-refractivity contribution >= 4 is 33.1 Å². The molecule has 1 aliphatic heterocycles. The zero-order valence-corrected chi connectivity index (χ0v) is 16.1. The summed E-state index contributed by atoms with van der Waals surface area (Å²) in [6.45, 7) is 2.90. The molecule has 0 spiro atoms. The minimum absolute atomic E-state index is 0.434. The van der Waals surface area contributed by atoms with E-state index in [2.05, 4.69) is 32.1 Å². The molecule has 0 aliphatic carbocycles. The summed E-state index contributed by atoms with van der Waals surface area (Å²) in [5.41, 5.74) is 2.10. The first-order valence-corrected chi connectivity index (χ1v) is 9.80. The number of fused-ring (bicyclic) bond motifs is 1. The Bertz CT molecular complexity index is 946. The van der Waals surface area contributed by atoms with Crippen molar-refractivity contribution < 1.29 is 13.2 Å². The predicted octanol–water partition coefficient (Wildman–Crippen LogP) is 4.08. The van der Waals surface area contributed by atoms with E-state index in [9.17, 15) is 13.2 Å². The number of piperazine rings is 1. The highest BCUT2D eigenvalue weighted by atomic mass is 32.1. The molecule has 1 saturated heterocycles. The number of nitrogens with zero attached hydrogens (tertiary/aromatic N) is 4. The van der Waals surface area contributed by atoms with Gasteiger partial charge in [-0.25, -0.2) is 9.97 Å². The van der Waals surface area contributed by atoms with Crippen LogP contribution in [0.2, 0.25) is 0 Å². The third-order valence-corrected chi connectivity index (χ3v) is 5.77. The van der Waals surface area contributed by atoms with Crippen molar-refractivity contribution in [1.29, 1.82) is 0 Å². The maximum atomic E-state index is 12.4. The summed E-state index contributed by atoms with van der Waals surface area (Å²) in [5, 5.41) is 3.21. The molecule has 1 fully saturated rings. The van der Waals surface area contributed by atoms with E-state index in [1.165, 1.54) is 11.3 Å². The number of anilines is 2. The summed E-state index contributed by atoms with van der Waals surface area (Å²) in [4.78, 5) is 13.7. The number of nitrogens with one attached hydrogen (secondary N) is 1. The molecule has 0 amide bonds. The molecule has 0 radical (unpaired) electrons. The molecule has 3 aromatic rings. The molecule has 2 aromatic heterocycles. The zero-order chi connectivity index (χ0) is 19.7. The van der Waals surface area contributed by atoms with E-state index in [1.54, 1.807) is 18.2 Å². The first-order valence-electron chi connectivity index (χ1n) is 8.98. The van der Waals surface area contributed by atoms with Gasteiger partial charge in [0.05, 0.1) is 10.2 Å². The Morgan fingerprint density at radius 1 is 1.11 bits per heavy atom. The summed E-state index contributed by atoms with van der Waals surface area (Å²) in [6, 6.07) is 9.06. The second-order valence-electron chi connectivity index (χ2n) is 6.87.